The van der Waals surface area contributed by atoms with Gasteiger partial charge in [0.1, 0.15) is 12.6 Å². The molecule has 0 bridgehead atoms. The summed E-state index contributed by atoms with van der Waals surface area (Å²) in [6, 6.07) is 13.1. The van der Waals surface area contributed by atoms with E-state index in [0.29, 0.717) is 35.6 Å². The number of carbonyl (C=O) groups is 4. The van der Waals surface area contributed by atoms with E-state index < -0.39 is 6.04 Å². The quantitative estimate of drug-likeness (QED) is 0.794. The molecular formula is C23H24N4O4. The number of nitrogens with one attached hydrogen (secondary N) is 2. The summed E-state index contributed by atoms with van der Waals surface area (Å²) >= 11 is 0. The highest BCUT2D eigenvalue weighted by molar-refractivity contribution is 6.13. The van der Waals surface area contributed by atoms with Gasteiger partial charge in [-0.05, 0) is 49.6 Å². The van der Waals surface area contributed by atoms with Crippen LogP contribution in [0.4, 0.5) is 17.1 Å². The lowest BCUT2D eigenvalue weighted by atomic mass is 10.0. The molecule has 2 aliphatic heterocycles. The molecule has 0 unspecified atom stereocenters. The van der Waals surface area contributed by atoms with Crippen LogP contribution in [-0.4, -0.2) is 47.7 Å². The number of piperidine rings is 1. The minimum Gasteiger partial charge on any atom is -0.327 e. The van der Waals surface area contributed by atoms with Crippen LogP contribution < -0.4 is 15.5 Å². The maximum atomic E-state index is 13.4. The summed E-state index contributed by atoms with van der Waals surface area (Å²) in [5.41, 5.74) is 1.95. The Morgan fingerprint density at radius 1 is 1.00 bits per heavy atom. The van der Waals surface area contributed by atoms with Crippen molar-refractivity contribution in [2.75, 3.05) is 28.6 Å². The highest BCUT2D eigenvalue weighted by atomic mass is 16.2. The normalized spacial score (nSPS) is 18.0. The van der Waals surface area contributed by atoms with Gasteiger partial charge < -0.3 is 20.4 Å². The third-order valence-electron chi connectivity index (χ3n) is 5.51. The first kappa shape index (κ1) is 20.6. The molecule has 0 spiro atoms. The first-order valence-electron chi connectivity index (χ1n) is 10.3. The van der Waals surface area contributed by atoms with Crippen molar-refractivity contribution in [3.63, 3.8) is 0 Å². The van der Waals surface area contributed by atoms with Gasteiger partial charge in [-0.1, -0.05) is 18.2 Å². The van der Waals surface area contributed by atoms with Gasteiger partial charge in [-0.2, -0.15) is 0 Å². The lowest BCUT2D eigenvalue weighted by molar-refractivity contribution is -0.125. The number of anilines is 3. The van der Waals surface area contributed by atoms with Crippen LogP contribution >= 0.6 is 0 Å². The molecule has 0 radical (unpaired) electrons. The van der Waals surface area contributed by atoms with Crippen LogP contribution in [0.1, 0.15) is 36.5 Å². The highest BCUT2D eigenvalue weighted by Gasteiger charge is 2.40. The number of hydrogen-bond donors (Lipinski definition) is 2. The molecule has 2 N–H and O–H groups in total. The van der Waals surface area contributed by atoms with Crippen LogP contribution in [0.2, 0.25) is 0 Å². The maximum Gasteiger partial charge on any atom is 0.256 e. The Labute approximate surface area is 180 Å². The van der Waals surface area contributed by atoms with Gasteiger partial charge in [0.15, 0.2) is 0 Å². The predicted octanol–water partition coefficient (Wildman–Crippen LogP) is 2.62. The molecule has 2 aromatic rings. The zero-order valence-electron chi connectivity index (χ0n) is 17.3. The Morgan fingerprint density at radius 3 is 2.52 bits per heavy atom. The molecule has 160 valence electrons. The van der Waals surface area contributed by atoms with Gasteiger partial charge in [0, 0.05) is 24.8 Å². The Hall–Kier alpha value is -3.68. The number of nitrogens with zero attached hydrogens (tertiary/aromatic N) is 2. The molecule has 1 fully saturated rings. The van der Waals surface area contributed by atoms with E-state index in [2.05, 4.69) is 10.6 Å². The topological polar surface area (TPSA) is 98.8 Å². The smallest absolute Gasteiger partial charge is 0.256 e. The molecule has 2 heterocycles. The van der Waals surface area contributed by atoms with Crippen LogP contribution in [0.5, 0.6) is 0 Å². The Kier molecular flexibility index (Phi) is 5.70. The van der Waals surface area contributed by atoms with Crippen molar-refractivity contribution in [3.8, 4) is 0 Å². The average Bonchev–Trinajstić information content (AvgIpc) is 2.84. The molecule has 31 heavy (non-hydrogen) atoms. The van der Waals surface area contributed by atoms with Crippen molar-refractivity contribution in [1.29, 1.82) is 0 Å². The molecule has 8 heteroatoms. The van der Waals surface area contributed by atoms with Crippen molar-refractivity contribution >= 4 is 40.7 Å². The largest absolute Gasteiger partial charge is 0.327 e. The van der Waals surface area contributed by atoms with E-state index in [1.807, 2.05) is 0 Å². The first-order chi connectivity index (χ1) is 14.9. The summed E-state index contributed by atoms with van der Waals surface area (Å²) in [4.78, 5) is 53.6. The number of carbonyl (C=O) groups excluding carboxylic acids is 4. The van der Waals surface area contributed by atoms with E-state index in [9.17, 15) is 19.2 Å². The number of benzene rings is 2. The SMILES string of the molecule is CC(=O)Nc1cccc(NC(=O)CN2C(=O)[C@@H]3CCCCN3C(=O)c3ccccc32)c1. The second-order valence-electron chi connectivity index (χ2n) is 7.76. The van der Waals surface area contributed by atoms with Gasteiger partial charge in [-0.3, -0.25) is 19.2 Å². The van der Waals surface area contributed by atoms with E-state index in [4.69, 9.17) is 0 Å². The third-order valence-corrected chi connectivity index (χ3v) is 5.51. The molecule has 8 nitrogen and oxygen atoms in total. The van der Waals surface area contributed by atoms with Gasteiger partial charge in [0.05, 0.1) is 11.3 Å². The van der Waals surface area contributed by atoms with Crippen LogP contribution in [-0.2, 0) is 14.4 Å². The van der Waals surface area contributed by atoms with Crippen molar-refractivity contribution in [3.05, 3.63) is 54.1 Å². The van der Waals surface area contributed by atoms with E-state index in [1.165, 1.54) is 11.8 Å². The predicted molar refractivity (Wildman–Crippen MR) is 117 cm³/mol. The number of amides is 4. The lowest BCUT2D eigenvalue weighted by Crippen LogP contribution is -2.52. The van der Waals surface area contributed by atoms with Gasteiger partial charge in [-0.15, -0.1) is 0 Å². The molecule has 4 amide bonds. The fraction of sp³-hybridized carbons (Fsp3) is 0.304. The highest BCUT2D eigenvalue weighted by Crippen LogP contribution is 2.31. The fourth-order valence-corrected chi connectivity index (χ4v) is 4.16. The Morgan fingerprint density at radius 2 is 1.74 bits per heavy atom. The van der Waals surface area contributed by atoms with Crippen LogP contribution in [0, 0.1) is 0 Å². The van der Waals surface area contributed by atoms with Gasteiger partial charge in [-0.25, -0.2) is 0 Å². The average molecular weight is 420 g/mol. The third kappa shape index (κ3) is 4.28. The summed E-state index contributed by atoms with van der Waals surface area (Å²) in [6.45, 7) is 1.74. The summed E-state index contributed by atoms with van der Waals surface area (Å²) in [6.07, 6.45) is 2.32. The number of para-hydroxylation sites is 1. The van der Waals surface area contributed by atoms with E-state index >= 15 is 0 Å². The minimum absolute atomic E-state index is 0.167. The van der Waals surface area contributed by atoms with Crippen LogP contribution in [0.15, 0.2) is 48.5 Å². The number of fused-ring (bicyclic) bond motifs is 2. The van der Waals surface area contributed by atoms with Crippen molar-refractivity contribution in [2.45, 2.75) is 32.2 Å². The Balaban J connectivity index is 1.58. The summed E-state index contributed by atoms with van der Waals surface area (Å²) in [7, 11) is 0. The van der Waals surface area contributed by atoms with E-state index in [-0.39, 0.29) is 30.2 Å². The standard InChI is InChI=1S/C23H24N4O4/c1-15(28)24-16-7-6-8-17(13-16)25-21(29)14-27-19-10-3-2-9-18(19)22(30)26-12-5-4-11-20(26)23(27)31/h2-3,6-10,13,20H,4-5,11-12,14H2,1H3,(H,24,28)(H,25,29)/t20-/m0/s1. The van der Waals surface area contributed by atoms with Crippen molar-refractivity contribution in [2.24, 2.45) is 0 Å². The van der Waals surface area contributed by atoms with Crippen LogP contribution in [0.25, 0.3) is 0 Å². The molecule has 1 saturated heterocycles. The zero-order chi connectivity index (χ0) is 22.0. The molecule has 2 aromatic carbocycles. The summed E-state index contributed by atoms with van der Waals surface area (Å²) < 4.78 is 0. The van der Waals surface area contributed by atoms with Gasteiger partial charge in [0.2, 0.25) is 17.7 Å². The minimum atomic E-state index is -0.551. The van der Waals surface area contributed by atoms with Crippen molar-refractivity contribution < 1.29 is 19.2 Å². The molecule has 0 aromatic heterocycles. The second-order valence-corrected chi connectivity index (χ2v) is 7.76. The molecule has 1 atom stereocenters. The number of hydrogen-bond acceptors (Lipinski definition) is 4. The summed E-state index contributed by atoms with van der Waals surface area (Å²) in [5, 5.41) is 5.44. The molecule has 0 aliphatic carbocycles. The van der Waals surface area contributed by atoms with Gasteiger partial charge in [0.25, 0.3) is 5.91 Å². The van der Waals surface area contributed by atoms with Crippen LogP contribution in [0.3, 0.4) is 0 Å². The summed E-state index contributed by atoms with van der Waals surface area (Å²) in [5.74, 6) is -1.00. The molecular weight excluding hydrogens is 396 g/mol. The molecule has 0 saturated carbocycles. The van der Waals surface area contributed by atoms with E-state index in [1.54, 1.807) is 53.4 Å². The fourth-order valence-electron chi connectivity index (χ4n) is 4.16. The Bertz CT molecular complexity index is 1050. The molecule has 2 aliphatic rings. The lowest BCUT2D eigenvalue weighted by Gasteiger charge is -2.34. The van der Waals surface area contributed by atoms with E-state index in [0.717, 1.165) is 12.8 Å². The second kappa shape index (κ2) is 8.59. The first-order valence-corrected chi connectivity index (χ1v) is 10.3. The zero-order valence-corrected chi connectivity index (χ0v) is 17.3. The van der Waals surface area contributed by atoms with Gasteiger partial charge >= 0.3 is 0 Å². The molecule has 4 rings (SSSR count). The monoisotopic (exact) mass is 420 g/mol. The number of rotatable bonds is 4. The van der Waals surface area contributed by atoms with Crippen molar-refractivity contribution in [1.82, 2.24) is 4.90 Å². The maximum absolute atomic E-state index is 13.4.